The van der Waals surface area contributed by atoms with Gasteiger partial charge in [-0.3, -0.25) is 0 Å². The van der Waals surface area contributed by atoms with Gasteiger partial charge in [0.1, 0.15) is 16.8 Å². The quantitative estimate of drug-likeness (QED) is 0.777. The van der Waals surface area contributed by atoms with Gasteiger partial charge in [0, 0.05) is 0 Å². The molecule has 1 N–H and O–H groups in total. The number of benzene rings is 2. The highest BCUT2D eigenvalue weighted by Crippen LogP contribution is 2.27. The van der Waals surface area contributed by atoms with Gasteiger partial charge in [-0.05, 0) is 24.3 Å². The molecule has 2 aromatic carbocycles. The Labute approximate surface area is 108 Å². The highest BCUT2D eigenvalue weighted by atomic mass is 16.6. The molecule has 0 saturated carbocycles. The van der Waals surface area contributed by atoms with Crippen LogP contribution in [0.3, 0.4) is 0 Å². The summed E-state index contributed by atoms with van der Waals surface area (Å²) in [5.74, 6) is -0.867. The van der Waals surface area contributed by atoms with Crippen molar-refractivity contribution in [2.75, 3.05) is 0 Å². The fourth-order valence-electron chi connectivity index (χ4n) is 1.72. The predicted molar refractivity (Wildman–Crippen MR) is 67.5 cm³/mol. The minimum Gasteiger partial charge on any atom is -0.478 e. The van der Waals surface area contributed by atoms with E-state index < -0.39 is 5.97 Å². The number of aromatic carboxylic acids is 1. The summed E-state index contributed by atoms with van der Waals surface area (Å²) in [6.45, 7) is 0. The van der Waals surface area contributed by atoms with Gasteiger partial charge in [0.2, 0.25) is 0 Å². The summed E-state index contributed by atoms with van der Waals surface area (Å²) in [7, 11) is 0. The normalized spacial score (nSPS) is 10.5. The lowest BCUT2D eigenvalue weighted by atomic mass is 10.2. The number of hydrogen-bond acceptors (Lipinski definition) is 4. The van der Waals surface area contributed by atoms with Crippen LogP contribution in [-0.2, 0) is 0 Å². The Balaban J connectivity index is 1.99. The van der Waals surface area contributed by atoms with Gasteiger partial charge in [-0.2, -0.15) is 4.98 Å². The van der Waals surface area contributed by atoms with Crippen LogP contribution in [0.15, 0.2) is 52.9 Å². The molecule has 19 heavy (non-hydrogen) atoms. The van der Waals surface area contributed by atoms with Crippen molar-refractivity contribution in [3.05, 3.63) is 54.1 Å². The first-order chi connectivity index (χ1) is 9.24. The van der Waals surface area contributed by atoms with Crippen LogP contribution in [0.1, 0.15) is 10.4 Å². The van der Waals surface area contributed by atoms with E-state index in [4.69, 9.17) is 14.3 Å². The second-order valence-electron chi connectivity index (χ2n) is 3.85. The van der Waals surface area contributed by atoms with Crippen LogP contribution in [-0.4, -0.2) is 16.1 Å². The molecule has 1 aromatic heterocycles. The molecule has 1 heterocycles. The maximum absolute atomic E-state index is 11.1. The molecule has 0 atom stereocenters. The van der Waals surface area contributed by atoms with Gasteiger partial charge in [-0.1, -0.05) is 24.3 Å². The third-order valence-corrected chi connectivity index (χ3v) is 2.59. The van der Waals surface area contributed by atoms with E-state index in [0.29, 0.717) is 11.1 Å². The van der Waals surface area contributed by atoms with Crippen molar-refractivity contribution in [1.29, 1.82) is 0 Å². The van der Waals surface area contributed by atoms with Crippen LogP contribution in [0, 0.1) is 0 Å². The summed E-state index contributed by atoms with van der Waals surface area (Å²) in [4.78, 5) is 15.2. The summed E-state index contributed by atoms with van der Waals surface area (Å²) >= 11 is 0. The topological polar surface area (TPSA) is 72.6 Å². The van der Waals surface area contributed by atoms with Gasteiger partial charge < -0.3 is 14.3 Å². The number of nitrogens with zero attached hydrogens (tertiary/aromatic N) is 1. The number of hydrogen-bond donors (Lipinski definition) is 1. The van der Waals surface area contributed by atoms with Crippen molar-refractivity contribution in [3.63, 3.8) is 0 Å². The largest absolute Gasteiger partial charge is 0.478 e. The molecule has 5 nitrogen and oxygen atoms in total. The van der Waals surface area contributed by atoms with Gasteiger partial charge in [-0.15, -0.1) is 0 Å². The smallest absolute Gasteiger partial charge is 0.400 e. The first-order valence-corrected chi connectivity index (χ1v) is 5.60. The van der Waals surface area contributed by atoms with Gasteiger partial charge in [0.05, 0.1) is 0 Å². The third kappa shape index (κ3) is 2.13. The number of rotatable bonds is 3. The zero-order valence-corrected chi connectivity index (χ0v) is 9.74. The number of ether oxygens (including phenoxy) is 1. The summed E-state index contributed by atoms with van der Waals surface area (Å²) in [5.41, 5.74) is 1.31. The minimum atomic E-state index is -1.06. The molecule has 0 spiro atoms. The van der Waals surface area contributed by atoms with Crippen LogP contribution in [0.4, 0.5) is 0 Å². The predicted octanol–water partition coefficient (Wildman–Crippen LogP) is 3.32. The van der Waals surface area contributed by atoms with Crippen molar-refractivity contribution >= 4 is 17.1 Å². The number of carboxylic acid groups (broad SMARTS) is 1. The van der Waals surface area contributed by atoms with E-state index in [9.17, 15) is 4.79 Å². The molecule has 3 aromatic rings. The molecular weight excluding hydrogens is 246 g/mol. The monoisotopic (exact) mass is 255 g/mol. The average molecular weight is 255 g/mol. The molecular formula is C14H9NO4. The van der Waals surface area contributed by atoms with Crippen molar-refractivity contribution < 1.29 is 19.1 Å². The number of carboxylic acids is 1. The number of fused-ring (bicyclic) bond motifs is 1. The first kappa shape index (κ1) is 11.3. The molecule has 0 aliphatic heterocycles. The molecule has 0 aliphatic carbocycles. The fraction of sp³-hybridized carbons (Fsp3) is 0. The van der Waals surface area contributed by atoms with Crippen LogP contribution in [0.2, 0.25) is 0 Å². The van der Waals surface area contributed by atoms with Crippen LogP contribution in [0.5, 0.6) is 11.8 Å². The van der Waals surface area contributed by atoms with E-state index in [0.717, 1.165) is 0 Å². The standard InChI is InChI=1S/C14H9NO4/c16-13(17)9-5-1-3-7-11(9)18-14-15-10-6-2-4-8-12(10)19-14/h1-8H,(H,16,17). The Bertz CT molecular complexity index is 715. The van der Waals surface area contributed by atoms with Gasteiger partial charge in [0.25, 0.3) is 0 Å². The van der Waals surface area contributed by atoms with E-state index >= 15 is 0 Å². The van der Waals surface area contributed by atoms with E-state index in [1.54, 1.807) is 30.3 Å². The number of aromatic nitrogens is 1. The number of para-hydroxylation sites is 3. The lowest BCUT2D eigenvalue weighted by Crippen LogP contribution is -1.99. The van der Waals surface area contributed by atoms with Crippen LogP contribution in [0.25, 0.3) is 11.1 Å². The zero-order valence-electron chi connectivity index (χ0n) is 9.74. The lowest BCUT2D eigenvalue weighted by Gasteiger charge is -2.03. The second-order valence-corrected chi connectivity index (χ2v) is 3.85. The molecule has 0 saturated heterocycles. The van der Waals surface area contributed by atoms with E-state index in [2.05, 4.69) is 4.98 Å². The summed E-state index contributed by atoms with van der Waals surface area (Å²) in [6, 6.07) is 13.5. The highest BCUT2D eigenvalue weighted by Gasteiger charge is 2.14. The molecule has 94 valence electrons. The Morgan fingerprint density at radius 3 is 2.63 bits per heavy atom. The van der Waals surface area contributed by atoms with Crippen molar-refractivity contribution in [2.24, 2.45) is 0 Å². The Hall–Kier alpha value is -2.82. The molecule has 3 rings (SSSR count). The van der Waals surface area contributed by atoms with Crippen molar-refractivity contribution in [3.8, 4) is 11.8 Å². The highest BCUT2D eigenvalue weighted by molar-refractivity contribution is 5.90. The van der Waals surface area contributed by atoms with E-state index in [-0.39, 0.29) is 17.4 Å². The minimum absolute atomic E-state index is 0.0231. The van der Waals surface area contributed by atoms with E-state index in [1.165, 1.54) is 6.07 Å². The molecule has 0 fully saturated rings. The second kappa shape index (κ2) is 4.45. The van der Waals surface area contributed by atoms with Crippen molar-refractivity contribution in [2.45, 2.75) is 0 Å². The molecule has 0 unspecified atom stereocenters. The molecule has 0 amide bonds. The Kier molecular flexibility index (Phi) is 2.64. The maximum Gasteiger partial charge on any atom is 0.400 e. The molecule has 0 radical (unpaired) electrons. The first-order valence-electron chi connectivity index (χ1n) is 5.60. The molecule has 5 heteroatoms. The Morgan fingerprint density at radius 2 is 1.84 bits per heavy atom. The van der Waals surface area contributed by atoms with Crippen molar-refractivity contribution in [1.82, 2.24) is 4.98 Å². The summed E-state index contributed by atoms with van der Waals surface area (Å²) in [5, 5.41) is 9.05. The van der Waals surface area contributed by atoms with Gasteiger partial charge in [0.15, 0.2) is 5.58 Å². The summed E-state index contributed by atoms with van der Waals surface area (Å²) in [6.07, 6.45) is 0.0231. The molecule has 0 bridgehead atoms. The zero-order chi connectivity index (χ0) is 13.2. The SMILES string of the molecule is O=C(O)c1ccccc1Oc1nc2ccccc2o1. The van der Waals surface area contributed by atoms with E-state index in [1.807, 2.05) is 12.1 Å². The third-order valence-electron chi connectivity index (χ3n) is 2.59. The van der Waals surface area contributed by atoms with Crippen LogP contribution < -0.4 is 4.74 Å². The lowest BCUT2D eigenvalue weighted by molar-refractivity contribution is 0.0693. The maximum atomic E-state index is 11.1. The van der Waals surface area contributed by atoms with Gasteiger partial charge >= 0.3 is 12.0 Å². The number of carbonyl (C=O) groups is 1. The van der Waals surface area contributed by atoms with Gasteiger partial charge in [-0.25, -0.2) is 4.79 Å². The fourth-order valence-corrected chi connectivity index (χ4v) is 1.72. The number of oxazole rings is 1. The molecule has 0 aliphatic rings. The average Bonchev–Trinajstić information content (AvgIpc) is 2.81. The Morgan fingerprint density at radius 1 is 1.11 bits per heavy atom. The van der Waals surface area contributed by atoms with Crippen LogP contribution >= 0.6 is 0 Å². The summed E-state index contributed by atoms with van der Waals surface area (Å²) < 4.78 is 10.8.